The van der Waals surface area contributed by atoms with Crippen LogP contribution in [0.3, 0.4) is 0 Å². The largest absolute Gasteiger partial charge is 0.466 e. The Labute approximate surface area is 151 Å². The molecule has 2 heterocycles. The van der Waals surface area contributed by atoms with E-state index in [1.165, 1.54) is 25.9 Å². The second kappa shape index (κ2) is 9.25. The molecule has 1 aliphatic heterocycles. The summed E-state index contributed by atoms with van der Waals surface area (Å²) in [5.41, 5.74) is -0.238. The Balaban J connectivity index is 1.85. The third kappa shape index (κ3) is 6.04. The third-order valence-electron chi connectivity index (χ3n) is 4.65. The normalized spacial score (nSPS) is 18.4. The number of aliphatic imine (C=N–C) groups is 1. The van der Waals surface area contributed by atoms with Crippen LogP contribution < -0.4 is 10.6 Å². The average Bonchev–Trinajstić information content (AvgIpc) is 3.18. The Kier molecular flexibility index (Phi) is 7.32. The van der Waals surface area contributed by atoms with Gasteiger partial charge < -0.3 is 25.1 Å². The summed E-state index contributed by atoms with van der Waals surface area (Å²) < 4.78 is 5.54. The lowest BCUT2D eigenvalue weighted by atomic mass is 9.96. The Bertz CT molecular complexity index is 560. The van der Waals surface area contributed by atoms with Gasteiger partial charge in [-0.05, 0) is 72.7 Å². The van der Waals surface area contributed by atoms with Crippen LogP contribution in [-0.2, 0) is 5.60 Å². The van der Waals surface area contributed by atoms with Crippen LogP contribution in [0.25, 0.3) is 0 Å². The molecule has 0 amide bonds. The molecule has 0 spiro atoms. The maximum Gasteiger partial charge on any atom is 0.191 e. The Morgan fingerprint density at radius 1 is 1.32 bits per heavy atom. The van der Waals surface area contributed by atoms with E-state index in [4.69, 9.17) is 4.42 Å². The molecule has 6 nitrogen and oxygen atoms in total. The molecule has 1 fully saturated rings. The van der Waals surface area contributed by atoms with Gasteiger partial charge in [0.25, 0.3) is 0 Å². The highest BCUT2D eigenvalue weighted by Crippen LogP contribution is 2.27. The van der Waals surface area contributed by atoms with Gasteiger partial charge in [-0.15, -0.1) is 0 Å². The highest BCUT2D eigenvalue weighted by molar-refractivity contribution is 5.79. The molecule has 0 radical (unpaired) electrons. The number of aryl methyl sites for hydroxylation is 2. The number of likely N-dealkylation sites (tertiary alicyclic amines) is 1. The monoisotopic (exact) mass is 350 g/mol. The zero-order valence-electron chi connectivity index (χ0n) is 16.2. The van der Waals surface area contributed by atoms with E-state index < -0.39 is 5.60 Å². The molecule has 2 rings (SSSR count). The predicted octanol–water partition coefficient (Wildman–Crippen LogP) is 2.14. The first kappa shape index (κ1) is 19.8. The van der Waals surface area contributed by atoms with Gasteiger partial charge >= 0.3 is 0 Å². The molecule has 0 bridgehead atoms. The first-order chi connectivity index (χ1) is 11.9. The van der Waals surface area contributed by atoms with E-state index in [1.54, 1.807) is 6.92 Å². The minimum Gasteiger partial charge on any atom is -0.466 e. The Morgan fingerprint density at radius 2 is 2.04 bits per heavy atom. The second-order valence-corrected chi connectivity index (χ2v) is 7.13. The van der Waals surface area contributed by atoms with Gasteiger partial charge in [0, 0.05) is 18.7 Å². The van der Waals surface area contributed by atoms with Gasteiger partial charge in [-0.2, -0.15) is 0 Å². The fourth-order valence-electron chi connectivity index (χ4n) is 3.34. The number of rotatable bonds is 8. The number of furan rings is 1. The molecule has 25 heavy (non-hydrogen) atoms. The van der Waals surface area contributed by atoms with Crippen molar-refractivity contribution in [2.75, 3.05) is 39.3 Å². The molecule has 0 aliphatic carbocycles. The molecular weight excluding hydrogens is 316 g/mol. The van der Waals surface area contributed by atoms with Crippen LogP contribution in [0.2, 0.25) is 0 Å². The summed E-state index contributed by atoms with van der Waals surface area (Å²) in [6, 6.07) is 1.89. The zero-order chi connectivity index (χ0) is 18.3. The molecular formula is C19H34N4O2. The van der Waals surface area contributed by atoms with Crippen molar-refractivity contribution in [1.82, 2.24) is 15.5 Å². The number of nitrogens with one attached hydrogen (secondary N) is 2. The highest BCUT2D eigenvalue weighted by atomic mass is 16.3. The van der Waals surface area contributed by atoms with Crippen molar-refractivity contribution >= 4 is 5.96 Å². The molecule has 1 aromatic heterocycles. The predicted molar refractivity (Wildman–Crippen MR) is 102 cm³/mol. The van der Waals surface area contributed by atoms with E-state index in [9.17, 15) is 5.11 Å². The van der Waals surface area contributed by atoms with Crippen LogP contribution in [0.4, 0.5) is 0 Å². The number of nitrogens with zero attached hydrogens (tertiary/aromatic N) is 2. The van der Waals surface area contributed by atoms with Crippen molar-refractivity contribution in [1.29, 1.82) is 0 Å². The molecule has 1 saturated heterocycles. The van der Waals surface area contributed by atoms with E-state index in [1.807, 2.05) is 26.8 Å². The Hall–Kier alpha value is -1.53. The zero-order valence-corrected chi connectivity index (χ0v) is 16.2. The smallest absolute Gasteiger partial charge is 0.191 e. The second-order valence-electron chi connectivity index (χ2n) is 7.13. The summed E-state index contributed by atoms with van der Waals surface area (Å²) in [6.07, 6.45) is 3.76. The van der Waals surface area contributed by atoms with Crippen molar-refractivity contribution in [3.05, 3.63) is 23.2 Å². The molecule has 0 aromatic carbocycles. The van der Waals surface area contributed by atoms with E-state index in [0.29, 0.717) is 0 Å². The van der Waals surface area contributed by atoms with Gasteiger partial charge in [0.2, 0.25) is 0 Å². The molecule has 1 unspecified atom stereocenters. The molecule has 1 aliphatic rings. The van der Waals surface area contributed by atoms with Crippen LogP contribution in [0.15, 0.2) is 15.5 Å². The van der Waals surface area contributed by atoms with Crippen LogP contribution in [0, 0.1) is 13.8 Å². The quantitative estimate of drug-likeness (QED) is 0.381. The molecule has 0 saturated carbocycles. The lowest BCUT2D eigenvalue weighted by Crippen LogP contribution is -2.40. The first-order valence-corrected chi connectivity index (χ1v) is 9.47. The van der Waals surface area contributed by atoms with E-state index >= 15 is 0 Å². The van der Waals surface area contributed by atoms with Crippen molar-refractivity contribution in [3.63, 3.8) is 0 Å². The molecule has 1 aromatic rings. The summed E-state index contributed by atoms with van der Waals surface area (Å²) in [7, 11) is 0. The topological polar surface area (TPSA) is 73.0 Å². The van der Waals surface area contributed by atoms with Crippen LogP contribution in [-0.4, -0.2) is 55.2 Å². The molecule has 6 heteroatoms. The van der Waals surface area contributed by atoms with Crippen molar-refractivity contribution < 1.29 is 9.52 Å². The van der Waals surface area contributed by atoms with Gasteiger partial charge in [0.1, 0.15) is 17.1 Å². The lowest BCUT2D eigenvalue weighted by molar-refractivity contribution is 0.0657. The molecule has 142 valence electrons. The Morgan fingerprint density at radius 3 is 2.64 bits per heavy atom. The fourth-order valence-corrected chi connectivity index (χ4v) is 3.34. The summed E-state index contributed by atoms with van der Waals surface area (Å²) in [5, 5.41) is 17.4. The summed E-state index contributed by atoms with van der Waals surface area (Å²) in [5.74, 6) is 2.31. The van der Waals surface area contributed by atoms with E-state index in [0.717, 1.165) is 49.1 Å². The minimum absolute atomic E-state index is 0.286. The third-order valence-corrected chi connectivity index (χ3v) is 4.65. The standard InChI is InChI=1S/C19H34N4O2/c1-5-20-18(21-9-8-12-23-10-6-7-11-23)22-14-19(4,24)17-13-15(2)25-16(17)3/h13,24H,5-12,14H2,1-4H3,(H2,20,21,22). The molecule has 3 N–H and O–H groups in total. The minimum atomic E-state index is -1.04. The SMILES string of the molecule is CCNC(=NCC(C)(O)c1cc(C)oc1C)NCCCN1CCCC1. The average molecular weight is 351 g/mol. The van der Waals surface area contributed by atoms with Gasteiger partial charge in [-0.25, -0.2) is 4.99 Å². The van der Waals surface area contributed by atoms with Gasteiger partial charge in [-0.1, -0.05) is 0 Å². The number of hydrogen-bond acceptors (Lipinski definition) is 4. The maximum absolute atomic E-state index is 10.8. The van der Waals surface area contributed by atoms with Gasteiger partial charge in [0.15, 0.2) is 5.96 Å². The van der Waals surface area contributed by atoms with Gasteiger partial charge in [-0.3, -0.25) is 0 Å². The van der Waals surface area contributed by atoms with Crippen LogP contribution >= 0.6 is 0 Å². The molecule has 1 atom stereocenters. The number of aliphatic hydroxyl groups is 1. The summed E-state index contributed by atoms with van der Waals surface area (Å²) >= 11 is 0. The summed E-state index contributed by atoms with van der Waals surface area (Å²) in [6.45, 7) is 13.2. The highest BCUT2D eigenvalue weighted by Gasteiger charge is 2.27. The van der Waals surface area contributed by atoms with Crippen molar-refractivity contribution in [2.24, 2.45) is 4.99 Å². The van der Waals surface area contributed by atoms with Crippen LogP contribution in [0.1, 0.15) is 50.2 Å². The summed E-state index contributed by atoms with van der Waals surface area (Å²) in [4.78, 5) is 7.08. The number of hydrogen-bond donors (Lipinski definition) is 3. The maximum atomic E-state index is 10.8. The van der Waals surface area contributed by atoms with Crippen molar-refractivity contribution in [3.8, 4) is 0 Å². The number of guanidine groups is 1. The van der Waals surface area contributed by atoms with Crippen molar-refractivity contribution in [2.45, 2.75) is 52.6 Å². The lowest BCUT2D eigenvalue weighted by Gasteiger charge is -2.22. The van der Waals surface area contributed by atoms with E-state index in [-0.39, 0.29) is 6.54 Å². The van der Waals surface area contributed by atoms with Gasteiger partial charge in [0.05, 0.1) is 6.54 Å². The first-order valence-electron chi connectivity index (χ1n) is 9.47. The van der Waals surface area contributed by atoms with E-state index in [2.05, 4.69) is 20.5 Å². The van der Waals surface area contributed by atoms with Crippen LogP contribution in [0.5, 0.6) is 0 Å². The fraction of sp³-hybridized carbons (Fsp3) is 0.737.